The first kappa shape index (κ1) is 21.5. The molecule has 2 fully saturated rings. The van der Waals surface area contributed by atoms with Crippen molar-refractivity contribution in [2.75, 3.05) is 34.8 Å². The smallest absolute Gasteiger partial charge is 0.244 e. The van der Waals surface area contributed by atoms with E-state index in [1.54, 1.807) is 12.3 Å². The molecule has 0 spiro atoms. The average molecular weight is 487 g/mol. The number of anilines is 4. The Balaban J connectivity index is 1.22. The van der Waals surface area contributed by atoms with E-state index in [1.165, 1.54) is 6.07 Å². The Morgan fingerprint density at radius 2 is 1.76 bits per heavy atom. The number of rotatable bonds is 4. The van der Waals surface area contributed by atoms with Gasteiger partial charge in [0.15, 0.2) is 16.8 Å². The summed E-state index contributed by atoms with van der Waals surface area (Å²) in [5.41, 5.74) is 1.59. The zero-order chi connectivity index (χ0) is 23.2. The molecule has 34 heavy (non-hydrogen) atoms. The van der Waals surface area contributed by atoms with E-state index in [2.05, 4.69) is 20.4 Å². The van der Waals surface area contributed by atoms with Gasteiger partial charge in [0.2, 0.25) is 11.9 Å². The van der Waals surface area contributed by atoms with Gasteiger partial charge >= 0.3 is 0 Å². The number of aryl methyl sites for hydroxylation is 1. The maximum absolute atomic E-state index is 13.9. The van der Waals surface area contributed by atoms with Crippen molar-refractivity contribution < 1.29 is 8.78 Å². The molecular formula is C23H25ClF2N8. The largest absolute Gasteiger partial charge is 0.369 e. The number of aromatic nitrogens is 5. The first-order valence-electron chi connectivity index (χ1n) is 11.7. The molecule has 2 aliphatic heterocycles. The molecule has 1 N–H and O–H groups in total. The van der Waals surface area contributed by atoms with Crippen molar-refractivity contribution in [1.82, 2.24) is 25.0 Å². The molecule has 11 heteroatoms. The zero-order valence-electron chi connectivity index (χ0n) is 18.5. The molecule has 4 heterocycles. The number of hydrogen-bond acceptors (Lipinski definition) is 7. The van der Waals surface area contributed by atoms with E-state index in [0.717, 1.165) is 57.1 Å². The zero-order valence-corrected chi connectivity index (χ0v) is 19.3. The van der Waals surface area contributed by atoms with E-state index < -0.39 is 11.6 Å². The normalized spacial score (nSPS) is 24.1. The Hall–Kier alpha value is -3.01. The second-order valence-corrected chi connectivity index (χ2v) is 9.71. The van der Waals surface area contributed by atoms with Gasteiger partial charge in [-0.1, -0.05) is 11.6 Å². The van der Waals surface area contributed by atoms with Crippen molar-refractivity contribution in [2.45, 2.75) is 38.3 Å². The van der Waals surface area contributed by atoms with Gasteiger partial charge in [-0.3, -0.25) is 0 Å². The Labute approximate surface area is 200 Å². The third kappa shape index (κ3) is 3.93. The molecule has 178 valence electrons. The number of fused-ring (bicyclic) bond motifs is 3. The van der Waals surface area contributed by atoms with E-state index in [9.17, 15) is 8.78 Å². The molecule has 3 aliphatic rings. The van der Waals surface area contributed by atoms with Crippen LogP contribution in [0.2, 0.25) is 5.15 Å². The van der Waals surface area contributed by atoms with E-state index in [4.69, 9.17) is 21.7 Å². The van der Waals surface area contributed by atoms with Crippen molar-refractivity contribution in [3.63, 3.8) is 0 Å². The minimum absolute atomic E-state index is 0.282. The lowest BCUT2D eigenvalue weighted by Gasteiger charge is -2.39. The number of hydrogen-bond donors (Lipinski definition) is 1. The first-order chi connectivity index (χ1) is 16.5. The summed E-state index contributed by atoms with van der Waals surface area (Å²) < 4.78 is 29.3. The predicted molar refractivity (Wildman–Crippen MR) is 125 cm³/mol. The summed E-state index contributed by atoms with van der Waals surface area (Å²) in [5, 5.41) is 16.6. The van der Waals surface area contributed by atoms with Gasteiger partial charge in [-0.15, -0.1) is 10.2 Å². The summed E-state index contributed by atoms with van der Waals surface area (Å²) in [5.74, 6) is 0.448. The number of benzene rings is 1. The van der Waals surface area contributed by atoms with Crippen LogP contribution in [0.1, 0.15) is 25.7 Å². The molecule has 0 amide bonds. The van der Waals surface area contributed by atoms with Crippen LogP contribution in [0.3, 0.4) is 0 Å². The van der Waals surface area contributed by atoms with E-state index in [0.29, 0.717) is 41.1 Å². The highest BCUT2D eigenvalue weighted by atomic mass is 35.5. The molecule has 0 radical (unpaired) electrons. The fourth-order valence-electron chi connectivity index (χ4n) is 5.60. The molecule has 2 bridgehead atoms. The fourth-order valence-corrected chi connectivity index (χ4v) is 5.75. The highest BCUT2D eigenvalue weighted by molar-refractivity contribution is 6.29. The summed E-state index contributed by atoms with van der Waals surface area (Å²) in [7, 11) is 0. The van der Waals surface area contributed by atoms with Gasteiger partial charge in [-0.05, 0) is 49.7 Å². The highest BCUT2D eigenvalue weighted by Gasteiger charge is 2.43. The van der Waals surface area contributed by atoms with Crippen LogP contribution in [0.4, 0.5) is 32.1 Å². The second-order valence-electron chi connectivity index (χ2n) is 9.32. The van der Waals surface area contributed by atoms with Crippen LogP contribution in [0, 0.1) is 23.5 Å². The minimum Gasteiger partial charge on any atom is -0.369 e. The summed E-state index contributed by atoms with van der Waals surface area (Å²) in [4.78, 5) is 9.06. The molecule has 3 atom stereocenters. The minimum atomic E-state index is -0.861. The van der Waals surface area contributed by atoms with Crippen molar-refractivity contribution in [3.05, 3.63) is 47.2 Å². The second kappa shape index (κ2) is 8.65. The first-order valence-corrected chi connectivity index (χ1v) is 12.1. The van der Waals surface area contributed by atoms with Gasteiger partial charge in [0, 0.05) is 50.0 Å². The molecule has 3 aromatic rings. The van der Waals surface area contributed by atoms with Gasteiger partial charge < -0.3 is 15.1 Å². The lowest BCUT2D eigenvalue weighted by atomic mass is 9.92. The molecular weight excluding hydrogens is 462 g/mol. The fraction of sp³-hybridized carbons (Fsp3) is 0.478. The molecule has 1 aromatic carbocycles. The van der Waals surface area contributed by atoms with Crippen LogP contribution in [-0.2, 0) is 6.54 Å². The molecule has 1 saturated carbocycles. The monoisotopic (exact) mass is 486 g/mol. The van der Waals surface area contributed by atoms with Crippen molar-refractivity contribution >= 4 is 34.9 Å². The number of nitrogens with one attached hydrogen (secondary N) is 1. The topological polar surface area (TPSA) is 75.0 Å². The maximum Gasteiger partial charge on any atom is 0.244 e. The number of nitrogens with zero attached hydrogens (tertiary/aromatic N) is 7. The SMILES string of the molecule is Fc1ccc(N2CCCCn3nc(NC4C5CC[C@H]4CN(c4cnnc(Cl)c4)C5)nc32)cc1F. The van der Waals surface area contributed by atoms with Crippen LogP contribution < -0.4 is 15.1 Å². The number of halogens is 3. The third-order valence-corrected chi connectivity index (χ3v) is 7.40. The van der Waals surface area contributed by atoms with Gasteiger partial charge in [-0.2, -0.15) is 10.1 Å². The summed E-state index contributed by atoms with van der Waals surface area (Å²) in [6, 6.07) is 6.12. The highest BCUT2D eigenvalue weighted by Crippen LogP contribution is 2.40. The number of piperidine rings is 1. The van der Waals surface area contributed by atoms with Gasteiger partial charge in [-0.25, -0.2) is 13.5 Å². The Kier molecular flexibility index (Phi) is 5.47. The van der Waals surface area contributed by atoms with E-state index >= 15 is 0 Å². The van der Waals surface area contributed by atoms with Crippen LogP contribution in [0.25, 0.3) is 0 Å². The summed E-state index contributed by atoms with van der Waals surface area (Å²) in [6.07, 6.45) is 5.91. The lowest BCUT2D eigenvalue weighted by molar-refractivity contribution is 0.376. The molecule has 8 nitrogen and oxygen atoms in total. The van der Waals surface area contributed by atoms with Crippen LogP contribution in [0.15, 0.2) is 30.5 Å². The summed E-state index contributed by atoms with van der Waals surface area (Å²) in [6.45, 7) is 3.23. The molecule has 1 aliphatic carbocycles. The Bertz CT molecular complexity index is 1190. The van der Waals surface area contributed by atoms with Crippen LogP contribution in [0.5, 0.6) is 0 Å². The van der Waals surface area contributed by atoms with Crippen molar-refractivity contribution in [3.8, 4) is 0 Å². The standard InChI is InChI=1S/C23H25ClF2N8/c24-20-10-17(11-27-30-20)32-12-14-3-4-15(13-32)21(14)28-22-29-23-33(7-1-2-8-34(23)31-22)16-5-6-18(25)19(26)9-16/h5-6,9-11,14-15,21H,1-4,7-8,12-13H2,(H,28,31)/t14-,15?,21?/m0/s1. The van der Waals surface area contributed by atoms with Crippen molar-refractivity contribution in [2.24, 2.45) is 11.8 Å². The molecule has 6 rings (SSSR count). The van der Waals surface area contributed by atoms with Crippen LogP contribution in [-0.4, -0.2) is 50.6 Å². The van der Waals surface area contributed by atoms with Crippen molar-refractivity contribution in [1.29, 1.82) is 0 Å². The quantitative estimate of drug-likeness (QED) is 0.590. The predicted octanol–water partition coefficient (Wildman–Crippen LogP) is 4.26. The Morgan fingerprint density at radius 3 is 2.53 bits per heavy atom. The lowest BCUT2D eigenvalue weighted by Crippen LogP contribution is -2.48. The summed E-state index contributed by atoms with van der Waals surface area (Å²) >= 11 is 6.05. The average Bonchev–Trinajstić information content (AvgIpc) is 3.23. The molecule has 2 aromatic heterocycles. The van der Waals surface area contributed by atoms with E-state index in [1.807, 2.05) is 15.6 Å². The maximum atomic E-state index is 13.9. The Morgan fingerprint density at radius 1 is 0.971 bits per heavy atom. The van der Waals surface area contributed by atoms with Gasteiger partial charge in [0.25, 0.3) is 0 Å². The van der Waals surface area contributed by atoms with Gasteiger partial charge in [0.1, 0.15) is 0 Å². The molecule has 1 saturated heterocycles. The van der Waals surface area contributed by atoms with E-state index in [-0.39, 0.29) is 6.04 Å². The van der Waals surface area contributed by atoms with Crippen LogP contribution >= 0.6 is 11.6 Å². The molecule has 2 unspecified atom stereocenters. The third-order valence-electron chi connectivity index (χ3n) is 7.22. The van der Waals surface area contributed by atoms with Gasteiger partial charge in [0.05, 0.1) is 11.9 Å².